The average Bonchev–Trinajstić information content (AvgIpc) is 2.96. The van der Waals surface area contributed by atoms with E-state index in [1.807, 2.05) is 25.1 Å². The molecule has 0 fully saturated rings. The summed E-state index contributed by atoms with van der Waals surface area (Å²) < 4.78 is 11.9. The van der Waals surface area contributed by atoms with Crippen LogP contribution in [0.3, 0.4) is 0 Å². The Hall–Kier alpha value is -1.03. The van der Waals surface area contributed by atoms with E-state index in [9.17, 15) is 0 Å². The molecule has 0 saturated carbocycles. The molecule has 2 aromatic carbocycles. The number of fused-ring (bicyclic) bond motifs is 1. The molecule has 3 rings (SSSR count). The van der Waals surface area contributed by atoms with Crippen molar-refractivity contribution in [2.24, 2.45) is 0 Å². The predicted molar refractivity (Wildman–Crippen MR) is 87.9 cm³/mol. The number of ether oxygens (including phenoxy) is 2. The molecule has 0 aliphatic carbocycles. The molecule has 0 N–H and O–H groups in total. The lowest BCUT2D eigenvalue weighted by Crippen LogP contribution is -1.97. The van der Waals surface area contributed by atoms with Gasteiger partial charge in [-0.1, -0.05) is 24.3 Å². The molecule has 2 nitrogen and oxygen atoms in total. The van der Waals surface area contributed by atoms with Gasteiger partial charge < -0.3 is 9.47 Å². The second-order valence-corrected chi connectivity index (χ2v) is 6.30. The Balaban J connectivity index is 1.88. The van der Waals surface area contributed by atoms with Crippen molar-refractivity contribution in [3.8, 4) is 5.75 Å². The van der Waals surface area contributed by atoms with Crippen molar-refractivity contribution in [3.63, 3.8) is 0 Å². The molecule has 1 heterocycles. The molecule has 0 radical (unpaired) electrons. The highest BCUT2D eigenvalue weighted by Crippen LogP contribution is 2.35. The topological polar surface area (TPSA) is 18.5 Å². The fourth-order valence-corrected chi connectivity index (χ4v) is 3.27. The van der Waals surface area contributed by atoms with Crippen molar-refractivity contribution in [3.05, 3.63) is 63.1 Å². The Labute approximate surface area is 138 Å². The summed E-state index contributed by atoms with van der Waals surface area (Å²) in [5.41, 5.74) is 4.64. The minimum atomic E-state index is -0.178. The maximum Gasteiger partial charge on any atom is 0.133 e. The zero-order chi connectivity index (χ0) is 14.8. The van der Waals surface area contributed by atoms with Crippen molar-refractivity contribution < 1.29 is 9.47 Å². The van der Waals surface area contributed by atoms with Crippen molar-refractivity contribution in [1.82, 2.24) is 0 Å². The first-order chi connectivity index (χ1) is 10.2. The lowest BCUT2D eigenvalue weighted by atomic mass is 10.00. The van der Waals surface area contributed by atoms with Crippen LogP contribution in [0, 0.1) is 0 Å². The van der Waals surface area contributed by atoms with Crippen LogP contribution in [0.25, 0.3) is 0 Å². The smallest absolute Gasteiger partial charge is 0.133 e. The highest BCUT2D eigenvalue weighted by molar-refractivity contribution is 9.10. The second kappa shape index (κ2) is 6.39. The van der Waals surface area contributed by atoms with Gasteiger partial charge in [-0.25, -0.2) is 0 Å². The van der Waals surface area contributed by atoms with Crippen LogP contribution in [0.4, 0.5) is 0 Å². The first-order valence-corrected chi connectivity index (χ1v) is 8.17. The van der Waals surface area contributed by atoms with Crippen LogP contribution in [0.15, 0.2) is 40.9 Å². The fourth-order valence-electron chi connectivity index (χ4n) is 2.49. The van der Waals surface area contributed by atoms with E-state index in [-0.39, 0.29) is 5.38 Å². The molecule has 0 aromatic heterocycles. The van der Waals surface area contributed by atoms with Gasteiger partial charge in [0, 0.05) is 0 Å². The second-order valence-electron chi connectivity index (χ2n) is 5.01. The minimum absolute atomic E-state index is 0.178. The summed E-state index contributed by atoms with van der Waals surface area (Å²) in [6.45, 7) is 4.00. The van der Waals surface area contributed by atoms with Gasteiger partial charge in [-0.15, -0.1) is 11.6 Å². The summed E-state index contributed by atoms with van der Waals surface area (Å²) in [5.74, 6) is 0.840. The van der Waals surface area contributed by atoms with E-state index in [0.717, 1.165) is 21.3 Å². The van der Waals surface area contributed by atoms with Gasteiger partial charge in [0.05, 0.1) is 29.7 Å². The fraction of sp³-hybridized carbons (Fsp3) is 0.294. The molecule has 1 atom stereocenters. The number of benzene rings is 2. The van der Waals surface area contributed by atoms with E-state index in [0.29, 0.717) is 19.8 Å². The number of hydrogen-bond donors (Lipinski definition) is 0. The summed E-state index contributed by atoms with van der Waals surface area (Å²) in [4.78, 5) is 0. The summed E-state index contributed by atoms with van der Waals surface area (Å²) >= 11 is 10.2. The highest BCUT2D eigenvalue weighted by atomic mass is 79.9. The van der Waals surface area contributed by atoms with Crippen LogP contribution in [0.1, 0.15) is 34.6 Å². The standard InChI is InChI=1S/C17H16BrClO2/c1-2-21-16-6-5-12(8-15(16)18)17(19)11-3-4-13-9-20-10-14(13)7-11/h3-8,17H,2,9-10H2,1H3. The molecule has 0 bridgehead atoms. The Kier molecular flexibility index (Phi) is 4.53. The van der Waals surface area contributed by atoms with E-state index in [1.165, 1.54) is 11.1 Å². The zero-order valence-electron chi connectivity index (χ0n) is 11.7. The van der Waals surface area contributed by atoms with E-state index < -0.39 is 0 Å². The van der Waals surface area contributed by atoms with Crippen LogP contribution in [-0.4, -0.2) is 6.61 Å². The molecule has 1 aliphatic heterocycles. The molecule has 0 spiro atoms. The van der Waals surface area contributed by atoms with Crippen LogP contribution >= 0.6 is 27.5 Å². The third-order valence-electron chi connectivity index (χ3n) is 3.59. The number of hydrogen-bond acceptors (Lipinski definition) is 2. The van der Waals surface area contributed by atoms with Crippen molar-refractivity contribution in [1.29, 1.82) is 0 Å². The molecule has 0 saturated heterocycles. The quantitative estimate of drug-likeness (QED) is 0.691. The molecule has 0 amide bonds. The summed E-state index contributed by atoms with van der Waals surface area (Å²) in [5, 5.41) is -0.178. The van der Waals surface area contributed by atoms with Crippen molar-refractivity contribution in [2.45, 2.75) is 25.5 Å². The molecule has 1 unspecified atom stereocenters. The van der Waals surface area contributed by atoms with E-state index in [2.05, 4.69) is 34.1 Å². The maximum absolute atomic E-state index is 6.63. The van der Waals surface area contributed by atoms with Gasteiger partial charge >= 0.3 is 0 Å². The highest BCUT2D eigenvalue weighted by Gasteiger charge is 2.17. The van der Waals surface area contributed by atoms with Crippen LogP contribution in [0.2, 0.25) is 0 Å². The van der Waals surface area contributed by atoms with E-state index in [1.54, 1.807) is 0 Å². The van der Waals surface area contributed by atoms with Gasteiger partial charge in [-0.3, -0.25) is 0 Å². The predicted octanol–water partition coefficient (Wildman–Crippen LogP) is 5.21. The Morgan fingerprint density at radius 1 is 1.14 bits per heavy atom. The minimum Gasteiger partial charge on any atom is -0.493 e. The Morgan fingerprint density at radius 2 is 1.86 bits per heavy atom. The molecular weight excluding hydrogens is 352 g/mol. The zero-order valence-corrected chi connectivity index (χ0v) is 14.1. The van der Waals surface area contributed by atoms with E-state index in [4.69, 9.17) is 21.1 Å². The first kappa shape index (κ1) is 14.9. The van der Waals surface area contributed by atoms with Crippen molar-refractivity contribution >= 4 is 27.5 Å². The summed E-state index contributed by atoms with van der Waals surface area (Å²) in [6.07, 6.45) is 0. The number of rotatable bonds is 4. The van der Waals surface area contributed by atoms with Crippen LogP contribution in [0.5, 0.6) is 5.75 Å². The van der Waals surface area contributed by atoms with Gasteiger partial charge in [0.15, 0.2) is 0 Å². The lowest BCUT2D eigenvalue weighted by molar-refractivity contribution is 0.134. The SMILES string of the molecule is CCOc1ccc(C(Cl)c2ccc3c(c2)COC3)cc1Br. The lowest BCUT2D eigenvalue weighted by Gasteiger charge is -2.14. The summed E-state index contributed by atoms with van der Waals surface area (Å²) in [6, 6.07) is 12.3. The Morgan fingerprint density at radius 3 is 2.62 bits per heavy atom. The molecule has 1 aliphatic rings. The third-order valence-corrected chi connectivity index (χ3v) is 4.71. The number of halogens is 2. The first-order valence-electron chi connectivity index (χ1n) is 6.94. The van der Waals surface area contributed by atoms with Gasteiger partial charge in [0.2, 0.25) is 0 Å². The van der Waals surface area contributed by atoms with Gasteiger partial charge in [-0.05, 0) is 57.2 Å². The van der Waals surface area contributed by atoms with Gasteiger partial charge in [-0.2, -0.15) is 0 Å². The van der Waals surface area contributed by atoms with Crippen molar-refractivity contribution in [2.75, 3.05) is 6.61 Å². The van der Waals surface area contributed by atoms with Gasteiger partial charge in [0.25, 0.3) is 0 Å². The molecule has 21 heavy (non-hydrogen) atoms. The van der Waals surface area contributed by atoms with Crippen LogP contribution in [-0.2, 0) is 18.0 Å². The molecule has 4 heteroatoms. The van der Waals surface area contributed by atoms with Gasteiger partial charge in [0.1, 0.15) is 5.75 Å². The molecule has 2 aromatic rings. The average molecular weight is 368 g/mol. The molecule has 110 valence electrons. The maximum atomic E-state index is 6.63. The third kappa shape index (κ3) is 3.10. The summed E-state index contributed by atoms with van der Waals surface area (Å²) in [7, 11) is 0. The van der Waals surface area contributed by atoms with Crippen LogP contribution < -0.4 is 4.74 Å². The number of alkyl halides is 1. The monoisotopic (exact) mass is 366 g/mol. The Bertz CT molecular complexity index is 657. The normalized spacial score (nSPS) is 14.8. The molecular formula is C17H16BrClO2. The largest absolute Gasteiger partial charge is 0.493 e. The van der Waals surface area contributed by atoms with E-state index >= 15 is 0 Å².